The molecule has 0 spiro atoms. The van der Waals surface area contributed by atoms with Crippen LogP contribution in [0.15, 0.2) is 22.6 Å². The molecule has 1 aromatic carbocycles. The van der Waals surface area contributed by atoms with Crippen molar-refractivity contribution in [3.05, 3.63) is 29.9 Å². The molecule has 0 amide bonds. The minimum Gasteiger partial charge on any atom is -0.440 e. The highest BCUT2D eigenvalue weighted by molar-refractivity contribution is 5.72. The summed E-state index contributed by atoms with van der Waals surface area (Å²) in [7, 11) is 0. The van der Waals surface area contributed by atoms with E-state index in [4.69, 9.17) is 4.42 Å². The summed E-state index contributed by atoms with van der Waals surface area (Å²) in [5.74, 6) is 0.774. The maximum Gasteiger partial charge on any atom is 0.199 e. The summed E-state index contributed by atoms with van der Waals surface area (Å²) in [6.07, 6.45) is 1.04. The van der Waals surface area contributed by atoms with Gasteiger partial charge in [0.2, 0.25) is 0 Å². The van der Waals surface area contributed by atoms with Crippen molar-refractivity contribution in [2.75, 3.05) is 13.1 Å². The van der Waals surface area contributed by atoms with Crippen molar-refractivity contribution >= 4 is 11.1 Å². The van der Waals surface area contributed by atoms with Crippen LogP contribution in [0, 0.1) is 5.82 Å². The molecule has 15 heavy (non-hydrogen) atoms. The highest BCUT2D eigenvalue weighted by Gasteiger charge is 2.21. The smallest absolute Gasteiger partial charge is 0.199 e. The average Bonchev–Trinajstić information content (AvgIpc) is 2.84. The fourth-order valence-corrected chi connectivity index (χ4v) is 1.96. The second-order valence-corrected chi connectivity index (χ2v) is 3.85. The first-order chi connectivity index (χ1) is 7.33. The Morgan fingerprint density at radius 3 is 3.20 bits per heavy atom. The number of aromatic nitrogens is 1. The summed E-state index contributed by atoms with van der Waals surface area (Å²) in [4.78, 5) is 4.36. The molecule has 1 aliphatic rings. The number of nitrogens with one attached hydrogen (secondary N) is 1. The van der Waals surface area contributed by atoms with E-state index in [1.807, 2.05) is 0 Å². The van der Waals surface area contributed by atoms with Gasteiger partial charge >= 0.3 is 0 Å². The highest BCUT2D eigenvalue weighted by atomic mass is 19.1. The van der Waals surface area contributed by atoms with Gasteiger partial charge in [-0.15, -0.1) is 0 Å². The molecule has 1 unspecified atom stereocenters. The third-order valence-corrected chi connectivity index (χ3v) is 2.78. The number of rotatable bonds is 1. The number of halogens is 1. The Kier molecular flexibility index (Phi) is 1.95. The lowest BCUT2D eigenvalue weighted by Crippen LogP contribution is -2.07. The van der Waals surface area contributed by atoms with Gasteiger partial charge in [-0.3, -0.25) is 0 Å². The number of fused-ring (bicyclic) bond motifs is 1. The molecule has 0 saturated carbocycles. The van der Waals surface area contributed by atoms with E-state index < -0.39 is 0 Å². The van der Waals surface area contributed by atoms with E-state index >= 15 is 0 Å². The Hall–Kier alpha value is -1.42. The Labute approximate surface area is 86.3 Å². The zero-order chi connectivity index (χ0) is 10.3. The van der Waals surface area contributed by atoms with Gasteiger partial charge in [-0.25, -0.2) is 9.37 Å². The van der Waals surface area contributed by atoms with E-state index in [9.17, 15) is 4.39 Å². The molecule has 1 aromatic heterocycles. The Balaban J connectivity index is 2.05. The lowest BCUT2D eigenvalue weighted by molar-refractivity contribution is 0.483. The van der Waals surface area contributed by atoms with E-state index in [1.54, 1.807) is 6.07 Å². The van der Waals surface area contributed by atoms with Crippen molar-refractivity contribution in [1.82, 2.24) is 10.3 Å². The molecule has 1 fully saturated rings. The van der Waals surface area contributed by atoms with Crippen LogP contribution in [0.1, 0.15) is 18.2 Å². The minimum atomic E-state index is -0.283. The molecule has 1 N–H and O–H groups in total. The molecule has 1 atom stereocenters. The molecule has 0 bridgehead atoms. The number of hydrogen-bond donors (Lipinski definition) is 1. The predicted molar refractivity (Wildman–Crippen MR) is 54.2 cm³/mol. The number of nitrogens with zero attached hydrogens (tertiary/aromatic N) is 1. The maximum absolute atomic E-state index is 12.9. The Bertz CT molecular complexity index is 488. The molecule has 3 rings (SSSR count). The van der Waals surface area contributed by atoms with Crippen molar-refractivity contribution in [1.29, 1.82) is 0 Å². The van der Waals surface area contributed by atoms with Gasteiger partial charge < -0.3 is 9.73 Å². The van der Waals surface area contributed by atoms with Gasteiger partial charge in [0.25, 0.3) is 0 Å². The minimum absolute atomic E-state index is 0.283. The van der Waals surface area contributed by atoms with Gasteiger partial charge in [0.15, 0.2) is 11.5 Å². The number of oxazole rings is 1. The summed E-state index contributed by atoms with van der Waals surface area (Å²) >= 11 is 0. The average molecular weight is 206 g/mol. The highest BCUT2D eigenvalue weighted by Crippen LogP contribution is 2.25. The quantitative estimate of drug-likeness (QED) is 0.776. The van der Waals surface area contributed by atoms with Gasteiger partial charge in [-0.1, -0.05) is 0 Å². The van der Waals surface area contributed by atoms with E-state index in [0.717, 1.165) is 30.9 Å². The first-order valence-corrected chi connectivity index (χ1v) is 5.09. The monoisotopic (exact) mass is 206 g/mol. The summed E-state index contributed by atoms with van der Waals surface area (Å²) in [6.45, 7) is 1.90. The van der Waals surface area contributed by atoms with Crippen LogP contribution in [0.5, 0.6) is 0 Å². The van der Waals surface area contributed by atoms with E-state index in [-0.39, 0.29) is 5.82 Å². The second-order valence-electron chi connectivity index (χ2n) is 3.85. The third kappa shape index (κ3) is 1.51. The van der Waals surface area contributed by atoms with E-state index in [1.165, 1.54) is 12.1 Å². The van der Waals surface area contributed by atoms with Gasteiger partial charge in [0.05, 0.1) is 0 Å². The van der Waals surface area contributed by atoms with Crippen LogP contribution >= 0.6 is 0 Å². The van der Waals surface area contributed by atoms with Crippen LogP contribution in [0.2, 0.25) is 0 Å². The standard InChI is InChI=1S/C11H11FN2O/c12-8-1-2-9-10(5-8)15-11(14-9)7-3-4-13-6-7/h1-2,5,7,13H,3-4,6H2. The van der Waals surface area contributed by atoms with Crippen molar-refractivity contribution in [3.63, 3.8) is 0 Å². The van der Waals surface area contributed by atoms with Gasteiger partial charge in [-0.2, -0.15) is 0 Å². The van der Waals surface area contributed by atoms with Crippen LogP contribution in [0.4, 0.5) is 4.39 Å². The van der Waals surface area contributed by atoms with Crippen molar-refractivity contribution in [2.24, 2.45) is 0 Å². The van der Waals surface area contributed by atoms with Crippen LogP contribution in [-0.4, -0.2) is 18.1 Å². The molecule has 1 aliphatic heterocycles. The first kappa shape index (κ1) is 8.85. The van der Waals surface area contributed by atoms with Gasteiger partial charge in [-0.05, 0) is 25.1 Å². The van der Waals surface area contributed by atoms with E-state index in [0.29, 0.717) is 11.5 Å². The molecule has 2 heterocycles. The van der Waals surface area contributed by atoms with Crippen LogP contribution in [0.3, 0.4) is 0 Å². The lowest BCUT2D eigenvalue weighted by Gasteiger charge is -1.99. The zero-order valence-corrected chi connectivity index (χ0v) is 8.16. The molecule has 78 valence electrons. The molecule has 0 radical (unpaired) electrons. The summed E-state index contributed by atoms with van der Waals surface area (Å²) in [5.41, 5.74) is 1.27. The van der Waals surface area contributed by atoms with Gasteiger partial charge in [0.1, 0.15) is 11.3 Å². The molecule has 3 nitrogen and oxygen atoms in total. The first-order valence-electron chi connectivity index (χ1n) is 5.09. The molecule has 4 heteroatoms. The molecule has 2 aromatic rings. The van der Waals surface area contributed by atoms with Crippen LogP contribution in [0.25, 0.3) is 11.1 Å². The van der Waals surface area contributed by atoms with Crippen molar-refractivity contribution in [3.8, 4) is 0 Å². The van der Waals surface area contributed by atoms with Gasteiger partial charge in [0, 0.05) is 18.5 Å². The fraction of sp³-hybridized carbons (Fsp3) is 0.364. The summed E-state index contributed by atoms with van der Waals surface area (Å²) < 4.78 is 18.5. The van der Waals surface area contributed by atoms with Crippen molar-refractivity contribution in [2.45, 2.75) is 12.3 Å². The Morgan fingerprint density at radius 2 is 2.40 bits per heavy atom. The molecule has 1 saturated heterocycles. The maximum atomic E-state index is 12.9. The molecular formula is C11H11FN2O. The number of hydrogen-bond acceptors (Lipinski definition) is 3. The Morgan fingerprint density at radius 1 is 1.47 bits per heavy atom. The van der Waals surface area contributed by atoms with Crippen LogP contribution < -0.4 is 5.32 Å². The molecule has 0 aliphatic carbocycles. The number of benzene rings is 1. The fourth-order valence-electron chi connectivity index (χ4n) is 1.96. The zero-order valence-electron chi connectivity index (χ0n) is 8.16. The second kappa shape index (κ2) is 3.31. The lowest BCUT2D eigenvalue weighted by atomic mass is 10.1. The normalized spacial score (nSPS) is 21.3. The van der Waals surface area contributed by atoms with Crippen molar-refractivity contribution < 1.29 is 8.81 Å². The summed E-state index contributed by atoms with van der Waals surface area (Å²) in [5, 5.41) is 3.25. The topological polar surface area (TPSA) is 38.1 Å². The van der Waals surface area contributed by atoms with E-state index in [2.05, 4.69) is 10.3 Å². The SMILES string of the molecule is Fc1ccc2nc(C3CCNC3)oc2c1. The third-order valence-electron chi connectivity index (χ3n) is 2.78. The van der Waals surface area contributed by atoms with Crippen LogP contribution in [-0.2, 0) is 0 Å². The summed E-state index contributed by atoms with van der Waals surface area (Å²) in [6, 6.07) is 4.44. The predicted octanol–water partition coefficient (Wildman–Crippen LogP) is 2.04. The largest absolute Gasteiger partial charge is 0.440 e. The molecular weight excluding hydrogens is 195 g/mol.